The summed E-state index contributed by atoms with van der Waals surface area (Å²) in [4.78, 5) is 25.0. The molecule has 2 aliphatic heterocycles. The second-order valence-corrected chi connectivity index (χ2v) is 5.89. The number of hydrogen-bond acceptors (Lipinski definition) is 6. The van der Waals surface area contributed by atoms with E-state index in [0.29, 0.717) is 23.5 Å². The maximum Gasteiger partial charge on any atom is 0.249 e. The Morgan fingerprint density at radius 2 is 2.04 bits per heavy atom. The third kappa shape index (κ3) is 3.43. The summed E-state index contributed by atoms with van der Waals surface area (Å²) >= 11 is 0. The lowest BCUT2D eigenvalue weighted by atomic mass is 10.1. The molecule has 3 rings (SSSR count). The first-order chi connectivity index (χ1) is 11.6. The van der Waals surface area contributed by atoms with E-state index in [-0.39, 0.29) is 18.1 Å². The molecule has 2 saturated heterocycles. The summed E-state index contributed by atoms with van der Waals surface area (Å²) in [5.74, 6) is -0.590. The number of piperidine rings is 1. The van der Waals surface area contributed by atoms with Crippen LogP contribution >= 0.6 is 0 Å². The molecule has 2 fully saturated rings. The second-order valence-electron chi connectivity index (χ2n) is 5.89. The highest BCUT2D eigenvalue weighted by molar-refractivity contribution is 6.01. The van der Waals surface area contributed by atoms with E-state index >= 15 is 0 Å². The Labute approximate surface area is 139 Å². The van der Waals surface area contributed by atoms with Crippen LogP contribution < -0.4 is 25.6 Å². The number of nitrogens with one attached hydrogen (secondary N) is 3. The van der Waals surface area contributed by atoms with Gasteiger partial charge in [-0.2, -0.15) is 0 Å². The summed E-state index contributed by atoms with van der Waals surface area (Å²) in [6, 6.07) is 2.41. The van der Waals surface area contributed by atoms with E-state index in [2.05, 4.69) is 16.0 Å². The molecule has 2 heterocycles. The molecule has 7 nitrogen and oxygen atoms in total. The summed E-state index contributed by atoms with van der Waals surface area (Å²) in [5, 5.41) is 8.48. The van der Waals surface area contributed by atoms with Crippen LogP contribution in [0.3, 0.4) is 0 Å². The van der Waals surface area contributed by atoms with Gasteiger partial charge in [0.2, 0.25) is 11.8 Å². The van der Waals surface area contributed by atoms with Crippen LogP contribution in [0.1, 0.15) is 12.8 Å². The van der Waals surface area contributed by atoms with Gasteiger partial charge < -0.3 is 20.3 Å². The summed E-state index contributed by atoms with van der Waals surface area (Å²) in [7, 11) is 1.50. The lowest BCUT2D eigenvalue weighted by Gasteiger charge is -2.30. The molecule has 0 aliphatic carbocycles. The number of nitrogens with zero attached hydrogens (tertiary/aromatic N) is 1. The highest BCUT2D eigenvalue weighted by Crippen LogP contribution is 2.33. The quantitative estimate of drug-likeness (QED) is 0.693. The van der Waals surface area contributed by atoms with Crippen molar-refractivity contribution in [1.29, 1.82) is 0 Å². The first-order valence-electron chi connectivity index (χ1n) is 8.02. The lowest BCUT2D eigenvalue weighted by Crippen LogP contribution is -2.47. The van der Waals surface area contributed by atoms with Gasteiger partial charge in [0.15, 0.2) is 0 Å². The zero-order chi connectivity index (χ0) is 17.1. The van der Waals surface area contributed by atoms with Gasteiger partial charge in [-0.1, -0.05) is 0 Å². The zero-order valence-electron chi connectivity index (χ0n) is 13.5. The fraction of sp³-hybridized carbons (Fsp3) is 0.500. The third-order valence-electron chi connectivity index (χ3n) is 4.30. The van der Waals surface area contributed by atoms with E-state index in [4.69, 9.17) is 4.74 Å². The largest absolute Gasteiger partial charge is 0.495 e. The van der Waals surface area contributed by atoms with Crippen molar-refractivity contribution in [3.05, 3.63) is 17.9 Å². The molecule has 8 heteroatoms. The van der Waals surface area contributed by atoms with Gasteiger partial charge in [0.1, 0.15) is 17.6 Å². The van der Waals surface area contributed by atoms with Crippen LogP contribution in [-0.4, -0.2) is 51.1 Å². The van der Waals surface area contributed by atoms with E-state index in [1.807, 2.05) is 4.90 Å². The molecule has 1 aromatic carbocycles. The topological polar surface area (TPSA) is 82.7 Å². The number of benzene rings is 1. The minimum absolute atomic E-state index is 0.257. The van der Waals surface area contributed by atoms with Crippen molar-refractivity contribution in [2.45, 2.75) is 18.9 Å². The molecule has 0 saturated carbocycles. The van der Waals surface area contributed by atoms with Gasteiger partial charge in [0.25, 0.3) is 0 Å². The molecule has 1 atom stereocenters. The Balaban J connectivity index is 1.81. The minimum Gasteiger partial charge on any atom is -0.495 e. The maximum atomic E-state index is 14.6. The second kappa shape index (κ2) is 7.04. The number of anilines is 2. The number of hydrogen-bond donors (Lipinski definition) is 3. The van der Waals surface area contributed by atoms with E-state index in [0.717, 1.165) is 26.2 Å². The molecule has 24 heavy (non-hydrogen) atoms. The average molecular weight is 336 g/mol. The van der Waals surface area contributed by atoms with Crippen LogP contribution in [0.25, 0.3) is 0 Å². The summed E-state index contributed by atoms with van der Waals surface area (Å²) < 4.78 is 19.9. The molecule has 1 aromatic rings. The van der Waals surface area contributed by atoms with Crippen molar-refractivity contribution in [2.75, 3.05) is 43.5 Å². The van der Waals surface area contributed by atoms with Crippen molar-refractivity contribution < 1.29 is 18.7 Å². The van der Waals surface area contributed by atoms with Crippen LogP contribution in [0, 0.1) is 5.82 Å². The first kappa shape index (κ1) is 16.5. The number of rotatable bonds is 4. The van der Waals surface area contributed by atoms with Gasteiger partial charge in [0, 0.05) is 44.7 Å². The third-order valence-corrected chi connectivity index (χ3v) is 4.30. The Morgan fingerprint density at radius 3 is 2.71 bits per heavy atom. The number of amides is 2. The van der Waals surface area contributed by atoms with Crippen molar-refractivity contribution in [3.63, 3.8) is 0 Å². The number of carbonyl (C=O) groups excluding carboxylic acids is 2. The Bertz CT molecular complexity index is 646. The fourth-order valence-electron chi connectivity index (χ4n) is 2.99. The number of halogens is 1. The molecule has 3 N–H and O–H groups in total. The highest BCUT2D eigenvalue weighted by Gasteiger charge is 2.28. The number of piperazine rings is 1. The van der Waals surface area contributed by atoms with Gasteiger partial charge >= 0.3 is 0 Å². The summed E-state index contributed by atoms with van der Waals surface area (Å²) in [6.07, 6.45) is 0.627. The van der Waals surface area contributed by atoms with Crippen LogP contribution in [0.2, 0.25) is 0 Å². The molecule has 0 bridgehead atoms. The Hall–Kier alpha value is -2.35. The van der Waals surface area contributed by atoms with E-state index in [1.165, 1.54) is 13.2 Å². The van der Waals surface area contributed by atoms with E-state index in [1.54, 1.807) is 6.07 Å². The van der Waals surface area contributed by atoms with Gasteiger partial charge in [-0.25, -0.2) is 4.39 Å². The van der Waals surface area contributed by atoms with Gasteiger partial charge in [-0.15, -0.1) is 0 Å². The molecule has 0 spiro atoms. The maximum absolute atomic E-state index is 14.6. The first-order valence-corrected chi connectivity index (χ1v) is 8.02. The standard InChI is InChI=1S/C16H21FN4O3/c1-24-14-9-13(21-6-4-18-5-7-21)10(17)8-12(14)19-11-2-3-15(22)20-16(11)23/h8-9,11,18-19H,2-7H2,1H3,(H,20,22,23). The molecular formula is C16H21FN4O3. The van der Waals surface area contributed by atoms with Crippen molar-refractivity contribution in [2.24, 2.45) is 0 Å². The smallest absolute Gasteiger partial charge is 0.249 e. The SMILES string of the molecule is COc1cc(N2CCNCC2)c(F)cc1NC1CCC(=O)NC1=O. The molecule has 130 valence electrons. The minimum atomic E-state index is -0.582. The van der Waals surface area contributed by atoms with Crippen LogP contribution in [0.15, 0.2) is 12.1 Å². The molecule has 0 radical (unpaired) electrons. The van der Waals surface area contributed by atoms with Gasteiger partial charge in [0.05, 0.1) is 18.5 Å². The molecule has 2 amide bonds. The molecule has 2 aliphatic rings. The van der Waals surface area contributed by atoms with Gasteiger partial charge in [-0.05, 0) is 6.42 Å². The normalized spacial score (nSPS) is 21.4. The number of carbonyl (C=O) groups is 2. The van der Waals surface area contributed by atoms with Crippen molar-refractivity contribution >= 4 is 23.2 Å². The lowest BCUT2D eigenvalue weighted by molar-refractivity contribution is -0.133. The summed E-state index contributed by atoms with van der Waals surface area (Å²) in [5.41, 5.74) is 0.894. The predicted octanol–water partition coefficient (Wildman–Crippen LogP) is 0.461. The fourth-order valence-corrected chi connectivity index (χ4v) is 2.99. The average Bonchev–Trinajstić information content (AvgIpc) is 2.58. The van der Waals surface area contributed by atoms with Crippen molar-refractivity contribution in [3.8, 4) is 5.75 Å². The Kier molecular flexibility index (Phi) is 4.84. The van der Waals surface area contributed by atoms with E-state index in [9.17, 15) is 14.0 Å². The number of methoxy groups -OCH3 is 1. The zero-order valence-corrected chi connectivity index (χ0v) is 13.5. The van der Waals surface area contributed by atoms with E-state index < -0.39 is 11.9 Å². The number of ether oxygens (including phenoxy) is 1. The summed E-state index contributed by atoms with van der Waals surface area (Å²) in [6.45, 7) is 3.05. The van der Waals surface area contributed by atoms with Crippen LogP contribution in [0.5, 0.6) is 5.75 Å². The molecule has 1 unspecified atom stereocenters. The van der Waals surface area contributed by atoms with Crippen molar-refractivity contribution in [1.82, 2.24) is 10.6 Å². The van der Waals surface area contributed by atoms with Gasteiger partial charge in [-0.3, -0.25) is 14.9 Å². The molecular weight excluding hydrogens is 315 g/mol. The Morgan fingerprint density at radius 1 is 1.29 bits per heavy atom. The monoisotopic (exact) mass is 336 g/mol. The number of imide groups is 1. The van der Waals surface area contributed by atoms with Crippen LogP contribution in [-0.2, 0) is 9.59 Å². The molecule has 0 aromatic heterocycles. The predicted molar refractivity (Wildman–Crippen MR) is 87.8 cm³/mol. The highest BCUT2D eigenvalue weighted by atomic mass is 19.1. The van der Waals surface area contributed by atoms with Crippen LogP contribution in [0.4, 0.5) is 15.8 Å².